The summed E-state index contributed by atoms with van der Waals surface area (Å²) in [6.07, 6.45) is 0.729. The van der Waals surface area contributed by atoms with Gasteiger partial charge in [0.2, 0.25) is 10.0 Å². The predicted molar refractivity (Wildman–Crippen MR) is 75.1 cm³/mol. The van der Waals surface area contributed by atoms with Crippen LogP contribution >= 0.6 is 0 Å². The number of benzene rings is 1. The first kappa shape index (κ1) is 15.1. The monoisotopic (exact) mass is 270 g/mol. The van der Waals surface area contributed by atoms with Gasteiger partial charge in [-0.15, -0.1) is 0 Å². The smallest absolute Gasteiger partial charge is 0.215 e. The van der Waals surface area contributed by atoms with Gasteiger partial charge in [-0.3, -0.25) is 0 Å². The Morgan fingerprint density at radius 1 is 1.28 bits per heavy atom. The molecule has 1 rings (SSSR count). The zero-order chi connectivity index (χ0) is 13.8. The van der Waals surface area contributed by atoms with E-state index in [0.717, 1.165) is 6.42 Å². The number of likely N-dealkylation sites (N-methyl/N-ethyl adjacent to an activating group) is 1. The van der Waals surface area contributed by atoms with E-state index in [1.54, 1.807) is 7.05 Å². The average Bonchev–Trinajstić information content (AvgIpc) is 2.27. The van der Waals surface area contributed by atoms with Crippen molar-refractivity contribution in [1.82, 2.24) is 4.31 Å². The molecular weight excluding hydrogens is 248 g/mol. The third-order valence-electron chi connectivity index (χ3n) is 3.04. The van der Waals surface area contributed by atoms with Gasteiger partial charge >= 0.3 is 0 Å². The normalized spacial score (nSPS) is 12.1. The van der Waals surface area contributed by atoms with Gasteiger partial charge in [0, 0.05) is 20.1 Å². The molecule has 0 saturated heterocycles. The summed E-state index contributed by atoms with van der Waals surface area (Å²) < 4.78 is 24.9. The maximum atomic E-state index is 11.7. The van der Waals surface area contributed by atoms with Crippen LogP contribution in [0, 0.1) is 13.8 Å². The van der Waals surface area contributed by atoms with Crippen molar-refractivity contribution in [3.63, 3.8) is 0 Å². The van der Waals surface area contributed by atoms with Crippen LogP contribution in [0.2, 0.25) is 0 Å². The fourth-order valence-electron chi connectivity index (χ4n) is 1.85. The van der Waals surface area contributed by atoms with Crippen LogP contribution in [0.5, 0.6) is 0 Å². The van der Waals surface area contributed by atoms with E-state index in [9.17, 15) is 8.42 Å². The van der Waals surface area contributed by atoms with E-state index in [2.05, 4.69) is 32.0 Å². The van der Waals surface area contributed by atoms with Gasteiger partial charge in [0.25, 0.3) is 0 Å². The summed E-state index contributed by atoms with van der Waals surface area (Å²) in [4.78, 5) is 0. The zero-order valence-electron chi connectivity index (χ0n) is 11.3. The fourth-order valence-corrected chi connectivity index (χ4v) is 2.83. The maximum Gasteiger partial charge on any atom is 0.215 e. The number of nitrogens with zero attached hydrogens (tertiary/aromatic N) is 1. The molecule has 0 spiro atoms. The standard InChI is InChI=1S/C13H22N2O2S/c1-11-4-5-13(12(2)10-11)6-8-15(3)18(16,17)9-7-14/h4-5,10H,6-9,14H2,1-3H3. The lowest BCUT2D eigenvalue weighted by atomic mass is 10.0. The van der Waals surface area contributed by atoms with Gasteiger partial charge in [-0.1, -0.05) is 23.8 Å². The number of sulfonamides is 1. The first-order valence-corrected chi connectivity index (χ1v) is 7.68. The van der Waals surface area contributed by atoms with Crippen molar-refractivity contribution in [2.24, 2.45) is 5.73 Å². The first-order chi connectivity index (χ1) is 8.36. The molecule has 0 amide bonds. The Morgan fingerprint density at radius 2 is 1.94 bits per heavy atom. The van der Waals surface area contributed by atoms with Crippen molar-refractivity contribution < 1.29 is 8.42 Å². The second-order valence-electron chi connectivity index (χ2n) is 4.61. The molecule has 1 aromatic carbocycles. The summed E-state index contributed by atoms with van der Waals surface area (Å²) in [5.74, 6) is 0.0103. The Labute approximate surface area is 110 Å². The number of hydrogen-bond acceptors (Lipinski definition) is 3. The van der Waals surface area contributed by atoms with Crippen LogP contribution in [0.25, 0.3) is 0 Å². The molecule has 0 fully saturated rings. The minimum absolute atomic E-state index is 0.0103. The van der Waals surface area contributed by atoms with Gasteiger partial charge < -0.3 is 5.73 Å². The molecular formula is C13H22N2O2S. The molecule has 0 aliphatic carbocycles. The van der Waals surface area contributed by atoms with E-state index in [-0.39, 0.29) is 12.3 Å². The molecule has 4 nitrogen and oxygen atoms in total. The maximum absolute atomic E-state index is 11.7. The number of rotatable bonds is 6. The lowest BCUT2D eigenvalue weighted by molar-refractivity contribution is 0.472. The highest BCUT2D eigenvalue weighted by molar-refractivity contribution is 7.89. The number of aryl methyl sites for hydroxylation is 2. The summed E-state index contributed by atoms with van der Waals surface area (Å²) in [5, 5.41) is 0. The predicted octanol–water partition coefficient (Wildman–Crippen LogP) is 1.07. The van der Waals surface area contributed by atoms with E-state index < -0.39 is 10.0 Å². The molecule has 5 heteroatoms. The summed E-state index contributed by atoms with van der Waals surface area (Å²) >= 11 is 0. The summed E-state index contributed by atoms with van der Waals surface area (Å²) in [7, 11) is -1.59. The Hall–Kier alpha value is -0.910. The first-order valence-electron chi connectivity index (χ1n) is 6.07. The molecule has 0 heterocycles. The molecule has 2 N–H and O–H groups in total. The molecule has 0 aliphatic heterocycles. The number of hydrogen-bond donors (Lipinski definition) is 1. The second kappa shape index (κ2) is 6.31. The third kappa shape index (κ3) is 4.08. The summed E-state index contributed by atoms with van der Waals surface area (Å²) in [6.45, 7) is 4.76. The van der Waals surface area contributed by atoms with E-state index in [1.807, 2.05) is 0 Å². The van der Waals surface area contributed by atoms with Crippen LogP contribution < -0.4 is 5.73 Å². The molecule has 18 heavy (non-hydrogen) atoms. The summed E-state index contributed by atoms with van der Waals surface area (Å²) in [5.41, 5.74) is 8.92. The van der Waals surface area contributed by atoms with Crippen LogP contribution in [0.4, 0.5) is 0 Å². The Kier molecular flexibility index (Phi) is 5.31. The SMILES string of the molecule is Cc1ccc(CCN(C)S(=O)(=O)CCN)c(C)c1. The molecule has 0 unspecified atom stereocenters. The molecule has 0 radical (unpaired) electrons. The fraction of sp³-hybridized carbons (Fsp3) is 0.538. The topological polar surface area (TPSA) is 63.4 Å². The van der Waals surface area contributed by atoms with Gasteiger partial charge in [0.1, 0.15) is 0 Å². The van der Waals surface area contributed by atoms with Gasteiger partial charge in [-0.25, -0.2) is 12.7 Å². The highest BCUT2D eigenvalue weighted by atomic mass is 32.2. The lowest BCUT2D eigenvalue weighted by Gasteiger charge is -2.17. The van der Waals surface area contributed by atoms with Crippen LogP contribution in [0.1, 0.15) is 16.7 Å². The largest absolute Gasteiger partial charge is 0.329 e. The molecule has 0 aromatic heterocycles. The van der Waals surface area contributed by atoms with Crippen molar-refractivity contribution in [3.05, 3.63) is 34.9 Å². The third-order valence-corrected chi connectivity index (χ3v) is 4.93. The lowest BCUT2D eigenvalue weighted by Crippen LogP contribution is -2.33. The Morgan fingerprint density at radius 3 is 2.50 bits per heavy atom. The van der Waals surface area contributed by atoms with Crippen molar-refractivity contribution in [2.45, 2.75) is 20.3 Å². The molecule has 0 saturated carbocycles. The Bertz CT molecular complexity index is 498. The molecule has 0 bridgehead atoms. The summed E-state index contributed by atoms with van der Waals surface area (Å²) in [6, 6.07) is 6.23. The molecule has 102 valence electrons. The average molecular weight is 270 g/mol. The van der Waals surface area contributed by atoms with Crippen LogP contribution in [-0.4, -0.2) is 38.6 Å². The van der Waals surface area contributed by atoms with Crippen molar-refractivity contribution in [1.29, 1.82) is 0 Å². The second-order valence-corrected chi connectivity index (χ2v) is 6.80. The van der Waals surface area contributed by atoms with Crippen molar-refractivity contribution in [2.75, 3.05) is 25.9 Å². The van der Waals surface area contributed by atoms with Gasteiger partial charge in [0.05, 0.1) is 5.75 Å². The molecule has 0 atom stereocenters. The van der Waals surface area contributed by atoms with Gasteiger partial charge in [-0.2, -0.15) is 0 Å². The van der Waals surface area contributed by atoms with Gasteiger partial charge in [-0.05, 0) is 31.4 Å². The van der Waals surface area contributed by atoms with Crippen LogP contribution in [0.15, 0.2) is 18.2 Å². The van der Waals surface area contributed by atoms with Crippen LogP contribution in [0.3, 0.4) is 0 Å². The zero-order valence-corrected chi connectivity index (χ0v) is 12.1. The molecule has 0 aliphatic rings. The van der Waals surface area contributed by atoms with Crippen molar-refractivity contribution in [3.8, 4) is 0 Å². The highest BCUT2D eigenvalue weighted by Gasteiger charge is 2.16. The van der Waals surface area contributed by atoms with E-state index in [4.69, 9.17) is 5.73 Å². The minimum Gasteiger partial charge on any atom is -0.329 e. The quantitative estimate of drug-likeness (QED) is 0.841. The highest BCUT2D eigenvalue weighted by Crippen LogP contribution is 2.12. The Balaban J connectivity index is 2.65. The van der Waals surface area contributed by atoms with E-state index in [1.165, 1.54) is 21.0 Å². The minimum atomic E-state index is -3.19. The molecule has 1 aromatic rings. The van der Waals surface area contributed by atoms with E-state index in [0.29, 0.717) is 6.54 Å². The van der Waals surface area contributed by atoms with Gasteiger partial charge in [0.15, 0.2) is 0 Å². The van der Waals surface area contributed by atoms with Crippen LogP contribution in [-0.2, 0) is 16.4 Å². The number of nitrogens with two attached hydrogens (primary N) is 1. The van der Waals surface area contributed by atoms with E-state index >= 15 is 0 Å². The van der Waals surface area contributed by atoms with Crippen molar-refractivity contribution >= 4 is 10.0 Å².